The lowest BCUT2D eigenvalue weighted by molar-refractivity contribution is -0.131. The Morgan fingerprint density at radius 3 is 2.39 bits per heavy atom. The molecule has 1 heterocycles. The Bertz CT molecular complexity index is 424. The average Bonchev–Trinajstić information content (AvgIpc) is 2.76. The van der Waals surface area contributed by atoms with Crippen molar-refractivity contribution in [2.75, 3.05) is 26.7 Å². The Morgan fingerprint density at radius 1 is 1.33 bits per heavy atom. The van der Waals surface area contributed by atoms with Crippen LogP contribution in [0.25, 0.3) is 0 Å². The van der Waals surface area contributed by atoms with E-state index in [0.717, 1.165) is 0 Å². The van der Waals surface area contributed by atoms with Crippen LogP contribution in [0.4, 0.5) is 0 Å². The molecule has 0 radical (unpaired) electrons. The lowest BCUT2D eigenvalue weighted by Crippen LogP contribution is -2.40. The summed E-state index contributed by atoms with van der Waals surface area (Å²) in [5.41, 5.74) is 0.641. The van der Waals surface area contributed by atoms with Gasteiger partial charge in [-0.3, -0.25) is 9.59 Å². The van der Waals surface area contributed by atoms with E-state index in [4.69, 9.17) is 4.52 Å². The molecule has 0 atom stereocenters. The highest BCUT2D eigenvalue weighted by molar-refractivity contribution is 5.94. The van der Waals surface area contributed by atoms with Crippen LogP contribution in [0.1, 0.15) is 30.1 Å². The molecule has 0 bridgehead atoms. The summed E-state index contributed by atoms with van der Waals surface area (Å²) in [4.78, 5) is 26.8. The standard InChI is InChI=1S/C12H19N3O3/c1-5-15(6-2)11(16)8-14(4)12(17)10-7-9(3)13-18-10/h7H,5-6,8H2,1-4H3. The molecule has 2 amide bonds. The zero-order chi connectivity index (χ0) is 13.7. The normalized spacial score (nSPS) is 10.2. The van der Waals surface area contributed by atoms with E-state index in [1.54, 1.807) is 24.9 Å². The minimum absolute atomic E-state index is 0.0419. The number of hydrogen-bond acceptors (Lipinski definition) is 4. The van der Waals surface area contributed by atoms with Crippen LogP contribution < -0.4 is 0 Å². The predicted octanol–water partition coefficient (Wildman–Crippen LogP) is 0.923. The highest BCUT2D eigenvalue weighted by Crippen LogP contribution is 2.06. The molecule has 0 aliphatic heterocycles. The highest BCUT2D eigenvalue weighted by atomic mass is 16.5. The number of carbonyl (C=O) groups excluding carboxylic acids is 2. The van der Waals surface area contributed by atoms with E-state index in [-0.39, 0.29) is 24.1 Å². The molecule has 6 heteroatoms. The molecule has 0 aliphatic rings. The zero-order valence-electron chi connectivity index (χ0n) is 11.3. The van der Waals surface area contributed by atoms with Crippen LogP contribution in [0.5, 0.6) is 0 Å². The van der Waals surface area contributed by atoms with Crippen molar-refractivity contribution in [1.82, 2.24) is 15.0 Å². The lowest BCUT2D eigenvalue weighted by Gasteiger charge is -2.22. The quantitative estimate of drug-likeness (QED) is 0.782. The molecule has 0 saturated carbocycles. The first-order valence-electron chi connectivity index (χ1n) is 5.96. The monoisotopic (exact) mass is 253 g/mol. The van der Waals surface area contributed by atoms with E-state index in [2.05, 4.69) is 5.16 Å². The number of carbonyl (C=O) groups is 2. The molecule has 6 nitrogen and oxygen atoms in total. The summed E-state index contributed by atoms with van der Waals surface area (Å²) in [7, 11) is 1.57. The highest BCUT2D eigenvalue weighted by Gasteiger charge is 2.20. The van der Waals surface area contributed by atoms with Crippen molar-refractivity contribution in [3.8, 4) is 0 Å². The third kappa shape index (κ3) is 3.32. The van der Waals surface area contributed by atoms with Gasteiger partial charge in [0.25, 0.3) is 5.91 Å². The second-order valence-electron chi connectivity index (χ2n) is 4.06. The molecular formula is C12H19N3O3. The summed E-state index contributed by atoms with van der Waals surface area (Å²) >= 11 is 0. The smallest absolute Gasteiger partial charge is 0.292 e. The fraction of sp³-hybridized carbons (Fsp3) is 0.583. The second-order valence-corrected chi connectivity index (χ2v) is 4.06. The molecular weight excluding hydrogens is 234 g/mol. The fourth-order valence-electron chi connectivity index (χ4n) is 1.60. The van der Waals surface area contributed by atoms with Crippen molar-refractivity contribution in [2.24, 2.45) is 0 Å². The van der Waals surface area contributed by atoms with Gasteiger partial charge in [-0.1, -0.05) is 5.16 Å². The van der Waals surface area contributed by atoms with Crippen molar-refractivity contribution in [2.45, 2.75) is 20.8 Å². The van der Waals surface area contributed by atoms with Gasteiger partial charge in [0.1, 0.15) is 0 Å². The molecule has 0 spiro atoms. The summed E-state index contributed by atoms with van der Waals surface area (Å²) in [6, 6.07) is 1.56. The molecule has 0 fully saturated rings. The van der Waals surface area contributed by atoms with Crippen molar-refractivity contribution in [1.29, 1.82) is 0 Å². The summed E-state index contributed by atoms with van der Waals surface area (Å²) < 4.78 is 4.88. The molecule has 0 aromatic carbocycles. The second kappa shape index (κ2) is 6.18. The van der Waals surface area contributed by atoms with Crippen molar-refractivity contribution in [3.05, 3.63) is 17.5 Å². The Kier molecular flexibility index (Phi) is 4.88. The van der Waals surface area contributed by atoms with Gasteiger partial charge in [0.2, 0.25) is 11.7 Å². The van der Waals surface area contributed by atoms with Gasteiger partial charge >= 0.3 is 0 Å². The largest absolute Gasteiger partial charge is 0.351 e. The molecule has 100 valence electrons. The minimum atomic E-state index is -0.337. The van der Waals surface area contributed by atoms with E-state index in [9.17, 15) is 9.59 Å². The lowest BCUT2D eigenvalue weighted by atomic mass is 10.3. The van der Waals surface area contributed by atoms with E-state index >= 15 is 0 Å². The maximum absolute atomic E-state index is 11.9. The van der Waals surface area contributed by atoms with Crippen molar-refractivity contribution >= 4 is 11.8 Å². The Balaban J connectivity index is 2.63. The zero-order valence-corrected chi connectivity index (χ0v) is 11.3. The van der Waals surface area contributed by atoms with Gasteiger partial charge in [-0.25, -0.2) is 0 Å². The number of nitrogens with zero attached hydrogens (tertiary/aromatic N) is 3. The third-order valence-corrected chi connectivity index (χ3v) is 2.67. The summed E-state index contributed by atoms with van der Waals surface area (Å²) in [5, 5.41) is 3.65. The van der Waals surface area contributed by atoms with Crippen LogP contribution >= 0.6 is 0 Å². The molecule has 18 heavy (non-hydrogen) atoms. The number of likely N-dealkylation sites (N-methyl/N-ethyl adjacent to an activating group) is 2. The minimum Gasteiger partial charge on any atom is -0.351 e. The Hall–Kier alpha value is -1.85. The SMILES string of the molecule is CCN(CC)C(=O)CN(C)C(=O)c1cc(C)no1. The van der Waals surface area contributed by atoms with Crippen LogP contribution in [0.2, 0.25) is 0 Å². The molecule has 0 aliphatic carbocycles. The topological polar surface area (TPSA) is 66.7 Å². The van der Waals surface area contributed by atoms with Gasteiger partial charge in [0, 0.05) is 26.2 Å². The first kappa shape index (κ1) is 14.2. The van der Waals surface area contributed by atoms with Crippen LogP contribution in [0.15, 0.2) is 10.6 Å². The van der Waals surface area contributed by atoms with Gasteiger partial charge in [-0.05, 0) is 20.8 Å². The molecule has 1 rings (SSSR count). The summed E-state index contributed by atoms with van der Waals surface area (Å²) in [6.07, 6.45) is 0. The van der Waals surface area contributed by atoms with Gasteiger partial charge in [-0.2, -0.15) is 0 Å². The third-order valence-electron chi connectivity index (χ3n) is 2.67. The van der Waals surface area contributed by atoms with Gasteiger partial charge in [0.15, 0.2) is 0 Å². The number of amides is 2. The van der Waals surface area contributed by atoms with Crippen LogP contribution in [-0.4, -0.2) is 53.5 Å². The van der Waals surface area contributed by atoms with Crippen LogP contribution in [0, 0.1) is 6.92 Å². The van der Waals surface area contributed by atoms with Gasteiger partial charge in [0.05, 0.1) is 12.2 Å². The van der Waals surface area contributed by atoms with E-state index in [1.807, 2.05) is 13.8 Å². The van der Waals surface area contributed by atoms with E-state index < -0.39 is 0 Å². The number of aromatic nitrogens is 1. The first-order valence-corrected chi connectivity index (χ1v) is 5.96. The molecule has 0 N–H and O–H groups in total. The number of rotatable bonds is 5. The van der Waals surface area contributed by atoms with Gasteiger partial charge in [-0.15, -0.1) is 0 Å². The molecule has 0 unspecified atom stereocenters. The summed E-state index contributed by atoms with van der Waals surface area (Å²) in [6.45, 7) is 6.87. The van der Waals surface area contributed by atoms with E-state index in [1.165, 1.54) is 4.90 Å². The van der Waals surface area contributed by atoms with Crippen molar-refractivity contribution in [3.63, 3.8) is 0 Å². The summed E-state index contributed by atoms with van der Waals surface area (Å²) in [5.74, 6) is -0.259. The molecule has 1 aromatic rings. The van der Waals surface area contributed by atoms with Gasteiger partial charge < -0.3 is 14.3 Å². The Labute approximate surface area is 107 Å². The Morgan fingerprint density at radius 2 is 1.94 bits per heavy atom. The van der Waals surface area contributed by atoms with Crippen LogP contribution in [0.3, 0.4) is 0 Å². The fourth-order valence-corrected chi connectivity index (χ4v) is 1.60. The number of aryl methyl sites for hydroxylation is 1. The molecule has 1 aromatic heterocycles. The van der Waals surface area contributed by atoms with Crippen LogP contribution in [-0.2, 0) is 4.79 Å². The maximum atomic E-state index is 11.9. The van der Waals surface area contributed by atoms with E-state index in [0.29, 0.717) is 18.8 Å². The maximum Gasteiger partial charge on any atom is 0.292 e. The molecule has 0 saturated heterocycles. The first-order chi connectivity index (χ1) is 8.49. The number of hydrogen-bond donors (Lipinski definition) is 0. The average molecular weight is 253 g/mol. The van der Waals surface area contributed by atoms with Crippen molar-refractivity contribution < 1.29 is 14.1 Å². The predicted molar refractivity (Wildman–Crippen MR) is 66.1 cm³/mol.